The standard InChI is InChI=1S/C18H21ClN2O2/c19-18(23)21-10-6-15(7-11-21)16-13-20(9-8-17(16)22)12-14-4-2-1-3-5-14/h1-6,16H,7-13H2. The van der Waals surface area contributed by atoms with E-state index in [9.17, 15) is 9.59 Å². The molecule has 0 aromatic heterocycles. The van der Waals surface area contributed by atoms with Crippen LogP contribution in [0.4, 0.5) is 4.79 Å². The van der Waals surface area contributed by atoms with Crippen molar-refractivity contribution >= 4 is 22.8 Å². The van der Waals surface area contributed by atoms with Gasteiger partial charge in [0.15, 0.2) is 0 Å². The second-order valence-electron chi connectivity index (χ2n) is 6.22. The first-order valence-corrected chi connectivity index (χ1v) is 8.43. The van der Waals surface area contributed by atoms with Crippen LogP contribution in [0.1, 0.15) is 18.4 Å². The fourth-order valence-electron chi connectivity index (χ4n) is 3.36. The summed E-state index contributed by atoms with van der Waals surface area (Å²) < 4.78 is 0. The van der Waals surface area contributed by atoms with Crippen molar-refractivity contribution in [1.29, 1.82) is 0 Å². The quantitative estimate of drug-likeness (QED) is 0.485. The van der Waals surface area contributed by atoms with E-state index in [1.165, 1.54) is 11.1 Å². The van der Waals surface area contributed by atoms with Gasteiger partial charge in [0.2, 0.25) is 0 Å². The van der Waals surface area contributed by atoms with Gasteiger partial charge in [0.05, 0.1) is 5.92 Å². The summed E-state index contributed by atoms with van der Waals surface area (Å²) in [7, 11) is 0. The van der Waals surface area contributed by atoms with Crippen LogP contribution in [0.25, 0.3) is 0 Å². The molecule has 3 rings (SSSR count). The average molecular weight is 333 g/mol. The lowest BCUT2D eigenvalue weighted by Gasteiger charge is -2.35. The number of benzene rings is 1. The molecule has 1 aromatic rings. The number of halogens is 1. The highest BCUT2D eigenvalue weighted by atomic mass is 35.5. The van der Waals surface area contributed by atoms with Gasteiger partial charge >= 0.3 is 5.37 Å². The normalized spacial score (nSPS) is 22.8. The van der Waals surface area contributed by atoms with Crippen molar-refractivity contribution in [2.45, 2.75) is 19.4 Å². The van der Waals surface area contributed by atoms with Gasteiger partial charge < -0.3 is 4.90 Å². The van der Waals surface area contributed by atoms with Gasteiger partial charge in [-0.05, 0) is 23.6 Å². The molecule has 1 atom stereocenters. The van der Waals surface area contributed by atoms with Gasteiger partial charge in [0.25, 0.3) is 0 Å². The molecular formula is C18H21ClN2O2. The molecule has 23 heavy (non-hydrogen) atoms. The molecule has 1 saturated heterocycles. The molecule has 1 unspecified atom stereocenters. The van der Waals surface area contributed by atoms with E-state index in [1.807, 2.05) is 24.3 Å². The third-order valence-electron chi connectivity index (χ3n) is 4.69. The van der Waals surface area contributed by atoms with Crippen LogP contribution >= 0.6 is 11.6 Å². The summed E-state index contributed by atoms with van der Waals surface area (Å²) in [6, 6.07) is 10.3. The first-order chi connectivity index (χ1) is 11.1. The number of carbonyl (C=O) groups excluding carboxylic acids is 2. The molecule has 0 bridgehead atoms. The van der Waals surface area contributed by atoms with Gasteiger partial charge in [-0.2, -0.15) is 0 Å². The van der Waals surface area contributed by atoms with Gasteiger partial charge in [-0.3, -0.25) is 14.5 Å². The number of rotatable bonds is 3. The number of hydrogen-bond donors (Lipinski definition) is 0. The molecule has 0 N–H and O–H groups in total. The SMILES string of the molecule is O=C1CCN(Cc2ccccc2)CC1C1=CCN(C(=O)Cl)CC1. The van der Waals surface area contributed by atoms with Crippen LogP contribution in [0.15, 0.2) is 42.0 Å². The second-order valence-corrected chi connectivity index (χ2v) is 6.54. The van der Waals surface area contributed by atoms with E-state index in [2.05, 4.69) is 17.0 Å². The minimum atomic E-state index is -0.416. The Kier molecular flexibility index (Phi) is 5.13. The van der Waals surface area contributed by atoms with Gasteiger partial charge in [-0.15, -0.1) is 0 Å². The zero-order valence-corrected chi connectivity index (χ0v) is 13.8. The zero-order chi connectivity index (χ0) is 16.2. The van der Waals surface area contributed by atoms with Gasteiger partial charge in [-0.1, -0.05) is 42.0 Å². The maximum Gasteiger partial charge on any atom is 0.316 e. The Labute approximate surface area is 141 Å². The number of likely N-dealkylation sites (tertiary alicyclic amines) is 1. The van der Waals surface area contributed by atoms with Crippen molar-refractivity contribution in [2.24, 2.45) is 5.92 Å². The minimum absolute atomic E-state index is 0.0277. The van der Waals surface area contributed by atoms with E-state index >= 15 is 0 Å². The summed E-state index contributed by atoms with van der Waals surface area (Å²) in [5.74, 6) is 0.297. The molecule has 0 aliphatic carbocycles. The van der Waals surface area contributed by atoms with Crippen LogP contribution in [0.2, 0.25) is 0 Å². The Morgan fingerprint density at radius 2 is 1.96 bits per heavy atom. The molecule has 2 aliphatic rings. The maximum absolute atomic E-state index is 12.3. The fourth-order valence-corrected chi connectivity index (χ4v) is 3.52. The summed E-state index contributed by atoms with van der Waals surface area (Å²) in [6.45, 7) is 3.60. The molecule has 2 aliphatic heterocycles. The van der Waals surface area contributed by atoms with Crippen LogP contribution in [0, 0.1) is 5.92 Å². The molecule has 122 valence electrons. The molecule has 4 nitrogen and oxygen atoms in total. The van der Waals surface area contributed by atoms with Crippen molar-refractivity contribution in [2.75, 3.05) is 26.2 Å². The van der Waals surface area contributed by atoms with Gasteiger partial charge in [-0.25, -0.2) is 0 Å². The van der Waals surface area contributed by atoms with E-state index in [0.29, 0.717) is 25.3 Å². The number of amides is 1. The monoisotopic (exact) mass is 332 g/mol. The van der Waals surface area contributed by atoms with Crippen LogP contribution in [0.3, 0.4) is 0 Å². The van der Waals surface area contributed by atoms with Crippen LogP contribution < -0.4 is 0 Å². The summed E-state index contributed by atoms with van der Waals surface area (Å²) in [6.07, 6.45) is 3.36. The Morgan fingerprint density at radius 1 is 1.17 bits per heavy atom. The molecule has 2 heterocycles. The van der Waals surface area contributed by atoms with Crippen molar-refractivity contribution in [3.63, 3.8) is 0 Å². The van der Waals surface area contributed by atoms with Crippen molar-refractivity contribution < 1.29 is 9.59 Å². The van der Waals surface area contributed by atoms with E-state index < -0.39 is 5.37 Å². The van der Waals surface area contributed by atoms with E-state index in [1.54, 1.807) is 4.90 Å². The predicted octanol–water partition coefficient (Wildman–Crippen LogP) is 3.07. The summed E-state index contributed by atoms with van der Waals surface area (Å²) >= 11 is 5.51. The fraction of sp³-hybridized carbons (Fsp3) is 0.444. The maximum atomic E-state index is 12.3. The van der Waals surface area contributed by atoms with Crippen molar-refractivity contribution in [3.05, 3.63) is 47.5 Å². The first kappa shape index (κ1) is 16.2. The van der Waals surface area contributed by atoms with E-state index in [0.717, 1.165) is 26.1 Å². The van der Waals surface area contributed by atoms with E-state index in [-0.39, 0.29) is 5.92 Å². The lowest BCUT2D eigenvalue weighted by molar-refractivity contribution is -0.125. The number of piperidine rings is 1. The third-order valence-corrected chi connectivity index (χ3v) is 4.93. The van der Waals surface area contributed by atoms with Crippen LogP contribution in [-0.4, -0.2) is 47.1 Å². The largest absolute Gasteiger partial charge is 0.325 e. The zero-order valence-electron chi connectivity index (χ0n) is 13.1. The number of nitrogens with zero attached hydrogens (tertiary/aromatic N) is 2. The van der Waals surface area contributed by atoms with Gasteiger partial charge in [0.1, 0.15) is 5.78 Å². The topological polar surface area (TPSA) is 40.6 Å². The van der Waals surface area contributed by atoms with Crippen molar-refractivity contribution in [1.82, 2.24) is 9.80 Å². The van der Waals surface area contributed by atoms with Crippen molar-refractivity contribution in [3.8, 4) is 0 Å². The smallest absolute Gasteiger partial charge is 0.316 e. The Balaban J connectivity index is 1.65. The molecule has 1 aromatic carbocycles. The first-order valence-electron chi connectivity index (χ1n) is 8.06. The highest BCUT2D eigenvalue weighted by Gasteiger charge is 2.31. The number of hydrogen-bond acceptors (Lipinski definition) is 3. The number of ketones is 1. The summed E-state index contributed by atoms with van der Waals surface area (Å²) in [4.78, 5) is 27.5. The lowest BCUT2D eigenvalue weighted by Crippen LogP contribution is -2.43. The Morgan fingerprint density at radius 3 is 2.61 bits per heavy atom. The summed E-state index contributed by atoms with van der Waals surface area (Å²) in [5, 5.41) is -0.416. The number of carbonyl (C=O) groups is 2. The van der Waals surface area contributed by atoms with Gasteiger partial charge in [0, 0.05) is 39.1 Å². The summed E-state index contributed by atoms with van der Waals surface area (Å²) in [5.41, 5.74) is 2.44. The average Bonchev–Trinajstić information content (AvgIpc) is 2.58. The molecule has 1 amide bonds. The lowest BCUT2D eigenvalue weighted by atomic mass is 9.85. The molecular weight excluding hydrogens is 312 g/mol. The predicted molar refractivity (Wildman–Crippen MR) is 90.4 cm³/mol. The third kappa shape index (κ3) is 4.01. The van der Waals surface area contributed by atoms with E-state index in [4.69, 9.17) is 11.6 Å². The molecule has 5 heteroatoms. The molecule has 0 saturated carbocycles. The minimum Gasteiger partial charge on any atom is -0.325 e. The number of Topliss-reactive ketones (excluding diaryl/α,β-unsaturated/α-hetero) is 1. The Hall–Kier alpha value is -1.65. The van der Waals surface area contributed by atoms with Crippen LogP contribution in [-0.2, 0) is 11.3 Å². The molecule has 0 spiro atoms. The highest BCUT2D eigenvalue weighted by Crippen LogP contribution is 2.27. The highest BCUT2D eigenvalue weighted by molar-refractivity contribution is 6.62. The Bertz CT molecular complexity index is 615. The second kappa shape index (κ2) is 7.28. The molecule has 1 fully saturated rings. The molecule has 0 radical (unpaired) electrons. The van der Waals surface area contributed by atoms with Crippen LogP contribution in [0.5, 0.6) is 0 Å².